The largest absolute Gasteiger partial charge is 0.465 e. The van der Waals surface area contributed by atoms with E-state index in [1.54, 1.807) is 0 Å². The Labute approximate surface area is 78.5 Å². The summed E-state index contributed by atoms with van der Waals surface area (Å²) in [4.78, 5) is 11.4. The monoisotopic (exact) mass is 178 g/mol. The third-order valence-corrected chi connectivity index (χ3v) is 2.33. The fraction of sp³-hybridized carbons (Fsp3) is 0.364. The summed E-state index contributed by atoms with van der Waals surface area (Å²) in [6, 6.07) is 3.95. The zero-order valence-corrected chi connectivity index (χ0v) is 8.47. The van der Waals surface area contributed by atoms with Crippen molar-refractivity contribution in [2.75, 3.05) is 7.11 Å². The summed E-state index contributed by atoms with van der Waals surface area (Å²) in [6.45, 7) is 5.84. The van der Waals surface area contributed by atoms with Crippen molar-refractivity contribution in [3.63, 3.8) is 0 Å². The van der Waals surface area contributed by atoms with Gasteiger partial charge in [-0.3, -0.25) is 0 Å². The minimum Gasteiger partial charge on any atom is -0.465 e. The number of carbonyl (C=O) groups excluding carboxylic acids is 1. The van der Waals surface area contributed by atoms with E-state index in [2.05, 4.69) is 0 Å². The molecule has 0 N–H and O–H groups in total. The summed E-state index contributed by atoms with van der Waals surface area (Å²) in [5.41, 5.74) is 3.79. The Morgan fingerprint density at radius 1 is 1.15 bits per heavy atom. The first kappa shape index (κ1) is 9.78. The minimum atomic E-state index is -0.251. The Balaban J connectivity index is 3.33. The summed E-state index contributed by atoms with van der Waals surface area (Å²) < 4.78 is 4.71. The quantitative estimate of drug-likeness (QED) is 0.617. The molecule has 0 saturated carbocycles. The standard InChI is InChI=1S/C11H14O2/c1-7-5-6-8(2)10(9(7)3)11(12)13-4/h5-6H,1-4H3. The highest BCUT2D eigenvalue weighted by Crippen LogP contribution is 2.18. The number of rotatable bonds is 1. The summed E-state index contributed by atoms with van der Waals surface area (Å²) in [5, 5.41) is 0. The molecule has 2 heteroatoms. The molecular weight excluding hydrogens is 164 g/mol. The molecule has 0 saturated heterocycles. The topological polar surface area (TPSA) is 26.3 Å². The van der Waals surface area contributed by atoms with Crippen molar-refractivity contribution < 1.29 is 9.53 Å². The van der Waals surface area contributed by atoms with Crippen LogP contribution in [0.15, 0.2) is 12.1 Å². The highest BCUT2D eigenvalue weighted by molar-refractivity contribution is 5.92. The van der Waals surface area contributed by atoms with Crippen molar-refractivity contribution in [1.29, 1.82) is 0 Å². The van der Waals surface area contributed by atoms with E-state index in [0.717, 1.165) is 16.7 Å². The second kappa shape index (κ2) is 3.60. The number of benzene rings is 1. The number of hydrogen-bond donors (Lipinski definition) is 0. The molecule has 0 fully saturated rings. The fourth-order valence-electron chi connectivity index (χ4n) is 1.37. The van der Waals surface area contributed by atoms with E-state index >= 15 is 0 Å². The normalized spacial score (nSPS) is 9.85. The maximum atomic E-state index is 11.4. The van der Waals surface area contributed by atoms with Gasteiger partial charge in [-0.1, -0.05) is 12.1 Å². The molecule has 1 aromatic rings. The summed E-state index contributed by atoms with van der Waals surface area (Å²) in [7, 11) is 1.41. The average molecular weight is 178 g/mol. The Hall–Kier alpha value is -1.31. The molecule has 1 aromatic carbocycles. The average Bonchev–Trinajstić information content (AvgIpc) is 2.12. The van der Waals surface area contributed by atoms with Crippen LogP contribution in [0.2, 0.25) is 0 Å². The first-order chi connectivity index (χ1) is 6.07. The Morgan fingerprint density at radius 2 is 1.69 bits per heavy atom. The molecule has 13 heavy (non-hydrogen) atoms. The van der Waals surface area contributed by atoms with Crippen LogP contribution in [-0.2, 0) is 4.74 Å². The van der Waals surface area contributed by atoms with Gasteiger partial charge in [-0.2, -0.15) is 0 Å². The van der Waals surface area contributed by atoms with Gasteiger partial charge in [0.2, 0.25) is 0 Å². The molecule has 0 atom stereocenters. The minimum absolute atomic E-state index is 0.251. The molecule has 0 heterocycles. The first-order valence-corrected chi connectivity index (χ1v) is 4.23. The molecule has 0 bridgehead atoms. The van der Waals surface area contributed by atoms with Crippen molar-refractivity contribution in [2.24, 2.45) is 0 Å². The van der Waals surface area contributed by atoms with Crippen LogP contribution in [-0.4, -0.2) is 13.1 Å². The molecule has 0 radical (unpaired) electrons. The van der Waals surface area contributed by atoms with Crippen LogP contribution in [0.4, 0.5) is 0 Å². The van der Waals surface area contributed by atoms with Gasteiger partial charge in [-0.15, -0.1) is 0 Å². The van der Waals surface area contributed by atoms with E-state index in [1.807, 2.05) is 32.9 Å². The van der Waals surface area contributed by atoms with Gasteiger partial charge >= 0.3 is 5.97 Å². The predicted octanol–water partition coefficient (Wildman–Crippen LogP) is 2.40. The van der Waals surface area contributed by atoms with Gasteiger partial charge < -0.3 is 4.74 Å². The second-order valence-electron chi connectivity index (χ2n) is 3.19. The zero-order valence-electron chi connectivity index (χ0n) is 8.47. The number of hydrogen-bond acceptors (Lipinski definition) is 2. The number of aryl methyl sites for hydroxylation is 2. The van der Waals surface area contributed by atoms with Crippen molar-refractivity contribution in [3.05, 3.63) is 34.4 Å². The van der Waals surface area contributed by atoms with Crippen molar-refractivity contribution in [3.8, 4) is 0 Å². The lowest BCUT2D eigenvalue weighted by atomic mass is 9.99. The maximum Gasteiger partial charge on any atom is 0.338 e. The molecule has 1 rings (SSSR count). The van der Waals surface area contributed by atoms with E-state index in [4.69, 9.17) is 4.74 Å². The van der Waals surface area contributed by atoms with E-state index < -0.39 is 0 Å². The van der Waals surface area contributed by atoms with E-state index in [9.17, 15) is 4.79 Å². The number of methoxy groups -OCH3 is 1. The Bertz CT molecular complexity index is 340. The molecule has 0 aliphatic heterocycles. The van der Waals surface area contributed by atoms with Crippen LogP contribution in [0, 0.1) is 20.8 Å². The molecule has 0 aromatic heterocycles. The lowest BCUT2D eigenvalue weighted by molar-refractivity contribution is 0.0599. The molecule has 70 valence electrons. The van der Waals surface area contributed by atoms with Crippen molar-refractivity contribution >= 4 is 5.97 Å². The van der Waals surface area contributed by atoms with Gasteiger partial charge in [0.15, 0.2) is 0 Å². The van der Waals surface area contributed by atoms with Crippen LogP contribution >= 0.6 is 0 Å². The number of esters is 1. The Morgan fingerprint density at radius 3 is 2.23 bits per heavy atom. The molecule has 0 unspecified atom stereocenters. The van der Waals surface area contributed by atoms with E-state index in [0.29, 0.717) is 5.56 Å². The summed E-state index contributed by atoms with van der Waals surface area (Å²) >= 11 is 0. The highest BCUT2D eigenvalue weighted by atomic mass is 16.5. The van der Waals surface area contributed by atoms with Gasteiger partial charge in [-0.05, 0) is 37.5 Å². The molecule has 0 aliphatic rings. The maximum absolute atomic E-state index is 11.4. The van der Waals surface area contributed by atoms with Gasteiger partial charge in [0.25, 0.3) is 0 Å². The van der Waals surface area contributed by atoms with E-state index in [-0.39, 0.29) is 5.97 Å². The van der Waals surface area contributed by atoms with Gasteiger partial charge in [0.1, 0.15) is 0 Å². The number of carbonyl (C=O) groups is 1. The van der Waals surface area contributed by atoms with Crippen LogP contribution < -0.4 is 0 Å². The van der Waals surface area contributed by atoms with Crippen molar-refractivity contribution in [1.82, 2.24) is 0 Å². The second-order valence-corrected chi connectivity index (χ2v) is 3.19. The molecule has 0 spiro atoms. The van der Waals surface area contributed by atoms with Crippen LogP contribution in [0.25, 0.3) is 0 Å². The molecule has 0 amide bonds. The van der Waals surface area contributed by atoms with Gasteiger partial charge in [-0.25, -0.2) is 4.79 Å². The zero-order chi connectivity index (χ0) is 10.0. The van der Waals surface area contributed by atoms with E-state index in [1.165, 1.54) is 7.11 Å². The fourth-order valence-corrected chi connectivity index (χ4v) is 1.37. The lowest BCUT2D eigenvalue weighted by Crippen LogP contribution is -2.07. The van der Waals surface area contributed by atoms with Gasteiger partial charge in [0, 0.05) is 0 Å². The molecular formula is C11H14O2. The predicted molar refractivity (Wildman–Crippen MR) is 52.0 cm³/mol. The third kappa shape index (κ3) is 1.72. The molecule has 0 aliphatic carbocycles. The summed E-state index contributed by atoms with van der Waals surface area (Å²) in [6.07, 6.45) is 0. The third-order valence-electron chi connectivity index (χ3n) is 2.33. The van der Waals surface area contributed by atoms with Crippen LogP contribution in [0.5, 0.6) is 0 Å². The SMILES string of the molecule is COC(=O)c1c(C)ccc(C)c1C. The summed E-state index contributed by atoms with van der Waals surface area (Å²) in [5.74, 6) is -0.251. The van der Waals surface area contributed by atoms with Gasteiger partial charge in [0.05, 0.1) is 12.7 Å². The smallest absolute Gasteiger partial charge is 0.338 e. The van der Waals surface area contributed by atoms with Crippen LogP contribution in [0.1, 0.15) is 27.0 Å². The highest BCUT2D eigenvalue weighted by Gasteiger charge is 2.13. The van der Waals surface area contributed by atoms with Crippen molar-refractivity contribution in [2.45, 2.75) is 20.8 Å². The number of ether oxygens (including phenoxy) is 1. The Kier molecular flexibility index (Phi) is 2.71. The van der Waals surface area contributed by atoms with Crippen LogP contribution in [0.3, 0.4) is 0 Å². The molecule has 2 nitrogen and oxygen atoms in total. The lowest BCUT2D eigenvalue weighted by Gasteiger charge is -2.09. The first-order valence-electron chi connectivity index (χ1n) is 4.23.